The molecule has 0 bridgehead atoms. The quantitative estimate of drug-likeness (QED) is 0.887. The van der Waals surface area contributed by atoms with Crippen molar-refractivity contribution in [2.75, 3.05) is 6.54 Å². The molecule has 1 N–H and O–H groups in total. The molecule has 0 aromatic heterocycles. The van der Waals surface area contributed by atoms with Crippen molar-refractivity contribution in [2.45, 2.75) is 19.9 Å². The Hall–Kier alpha value is -0.0500. The van der Waals surface area contributed by atoms with E-state index in [1.807, 2.05) is 12.1 Å². The maximum atomic E-state index is 6.09. The average Bonchev–Trinajstić information content (AvgIpc) is 2.88. The van der Waals surface area contributed by atoms with E-state index in [9.17, 15) is 0 Å². The van der Waals surface area contributed by atoms with Gasteiger partial charge in [0.2, 0.25) is 0 Å². The zero-order valence-electron chi connectivity index (χ0n) is 8.76. The van der Waals surface area contributed by atoms with Gasteiger partial charge in [-0.3, -0.25) is 0 Å². The molecule has 1 aliphatic rings. The lowest BCUT2D eigenvalue weighted by molar-refractivity contribution is 0.612. The Morgan fingerprint density at radius 2 is 2.27 bits per heavy atom. The Labute approximate surface area is 104 Å². The zero-order chi connectivity index (χ0) is 10.8. The second-order valence-electron chi connectivity index (χ2n) is 4.34. The summed E-state index contributed by atoms with van der Waals surface area (Å²) >= 11 is 9.55. The van der Waals surface area contributed by atoms with Crippen molar-refractivity contribution in [1.82, 2.24) is 5.32 Å². The molecule has 0 radical (unpaired) electrons. The monoisotopic (exact) mass is 287 g/mol. The highest BCUT2D eigenvalue weighted by Gasteiger charge is 2.31. The lowest BCUT2D eigenvalue weighted by Crippen LogP contribution is -2.17. The number of hydrogen-bond acceptors (Lipinski definition) is 1. The summed E-state index contributed by atoms with van der Waals surface area (Å²) in [6.45, 7) is 4.28. The summed E-state index contributed by atoms with van der Waals surface area (Å²) in [5.41, 5.74) is 1.17. The predicted molar refractivity (Wildman–Crippen MR) is 68.1 cm³/mol. The second-order valence-corrected chi connectivity index (χ2v) is 5.66. The Morgan fingerprint density at radius 1 is 1.53 bits per heavy atom. The summed E-state index contributed by atoms with van der Waals surface area (Å²) in [4.78, 5) is 0. The van der Waals surface area contributed by atoms with Crippen LogP contribution in [-0.4, -0.2) is 6.54 Å². The molecule has 82 valence electrons. The first-order valence-electron chi connectivity index (χ1n) is 5.31. The van der Waals surface area contributed by atoms with Gasteiger partial charge >= 0.3 is 0 Å². The molecule has 2 unspecified atom stereocenters. The molecule has 0 amide bonds. The summed E-state index contributed by atoms with van der Waals surface area (Å²) < 4.78 is 1.09. The van der Waals surface area contributed by atoms with Gasteiger partial charge in [-0.15, -0.1) is 0 Å². The first-order valence-corrected chi connectivity index (χ1v) is 6.48. The van der Waals surface area contributed by atoms with Gasteiger partial charge in [0.1, 0.15) is 0 Å². The fraction of sp³-hybridized carbons (Fsp3) is 0.500. The molecule has 0 heterocycles. The van der Waals surface area contributed by atoms with Gasteiger partial charge in [0.15, 0.2) is 0 Å². The number of halogens is 2. The molecule has 0 spiro atoms. The smallest absolute Gasteiger partial charge is 0.0451 e. The SMILES string of the molecule is CC1CC1CNCc1cc(Br)ccc1Cl. The first kappa shape index (κ1) is 11.4. The van der Waals surface area contributed by atoms with Crippen LogP contribution in [0.1, 0.15) is 18.9 Å². The minimum absolute atomic E-state index is 0.842. The number of nitrogens with one attached hydrogen (secondary N) is 1. The molecule has 2 atom stereocenters. The zero-order valence-corrected chi connectivity index (χ0v) is 11.1. The van der Waals surface area contributed by atoms with E-state index >= 15 is 0 Å². The van der Waals surface area contributed by atoms with Gasteiger partial charge in [0, 0.05) is 16.0 Å². The highest BCUT2D eigenvalue weighted by atomic mass is 79.9. The Bertz CT molecular complexity index is 353. The Balaban J connectivity index is 1.84. The summed E-state index contributed by atoms with van der Waals surface area (Å²) in [5, 5.41) is 4.30. The van der Waals surface area contributed by atoms with E-state index in [0.29, 0.717) is 0 Å². The number of hydrogen-bond donors (Lipinski definition) is 1. The van der Waals surface area contributed by atoms with E-state index in [2.05, 4.69) is 34.2 Å². The normalized spacial score (nSPS) is 24.2. The second kappa shape index (κ2) is 4.86. The lowest BCUT2D eigenvalue weighted by Gasteiger charge is -2.06. The van der Waals surface area contributed by atoms with Crippen molar-refractivity contribution >= 4 is 27.5 Å². The van der Waals surface area contributed by atoms with Crippen molar-refractivity contribution < 1.29 is 0 Å². The van der Waals surface area contributed by atoms with Gasteiger partial charge in [0.25, 0.3) is 0 Å². The molecular weight excluding hydrogens is 273 g/mol. The van der Waals surface area contributed by atoms with Crippen LogP contribution in [0.5, 0.6) is 0 Å². The van der Waals surface area contributed by atoms with Crippen LogP contribution in [0.25, 0.3) is 0 Å². The summed E-state index contributed by atoms with van der Waals surface area (Å²) in [6, 6.07) is 5.98. The fourth-order valence-corrected chi connectivity index (χ4v) is 2.35. The maximum absolute atomic E-state index is 6.09. The molecule has 0 saturated heterocycles. The minimum Gasteiger partial charge on any atom is -0.312 e. The van der Waals surface area contributed by atoms with Crippen molar-refractivity contribution in [3.05, 3.63) is 33.3 Å². The molecule has 2 rings (SSSR count). The van der Waals surface area contributed by atoms with Crippen LogP contribution in [0.3, 0.4) is 0 Å². The van der Waals surface area contributed by atoms with Crippen LogP contribution in [0.15, 0.2) is 22.7 Å². The van der Waals surface area contributed by atoms with Crippen molar-refractivity contribution in [3.63, 3.8) is 0 Å². The predicted octanol–water partition coefficient (Wildman–Crippen LogP) is 3.85. The summed E-state index contributed by atoms with van der Waals surface area (Å²) in [7, 11) is 0. The standard InChI is InChI=1S/C12H15BrClN/c1-8-4-9(8)6-15-7-10-5-11(13)2-3-12(10)14/h2-3,5,8-9,15H,4,6-7H2,1H3. The first-order chi connectivity index (χ1) is 7.16. The van der Waals surface area contributed by atoms with Crippen LogP contribution in [0.4, 0.5) is 0 Å². The molecule has 0 aliphatic heterocycles. The summed E-state index contributed by atoms with van der Waals surface area (Å²) in [5.74, 6) is 1.80. The van der Waals surface area contributed by atoms with E-state index < -0.39 is 0 Å². The molecule has 1 nitrogen and oxygen atoms in total. The van der Waals surface area contributed by atoms with Gasteiger partial charge in [-0.1, -0.05) is 34.5 Å². The van der Waals surface area contributed by atoms with Gasteiger partial charge in [-0.05, 0) is 48.6 Å². The van der Waals surface area contributed by atoms with E-state index in [-0.39, 0.29) is 0 Å². The molecule has 3 heteroatoms. The molecular formula is C12H15BrClN. The fourth-order valence-electron chi connectivity index (χ4n) is 1.75. The van der Waals surface area contributed by atoms with Crippen molar-refractivity contribution in [1.29, 1.82) is 0 Å². The van der Waals surface area contributed by atoms with Crippen LogP contribution >= 0.6 is 27.5 Å². The van der Waals surface area contributed by atoms with E-state index in [0.717, 1.165) is 34.4 Å². The van der Waals surface area contributed by atoms with E-state index in [1.165, 1.54) is 12.0 Å². The number of benzene rings is 1. The van der Waals surface area contributed by atoms with Gasteiger partial charge in [-0.25, -0.2) is 0 Å². The molecule has 1 fully saturated rings. The third kappa shape index (κ3) is 3.20. The topological polar surface area (TPSA) is 12.0 Å². The van der Waals surface area contributed by atoms with Gasteiger partial charge in [0.05, 0.1) is 0 Å². The lowest BCUT2D eigenvalue weighted by atomic mass is 10.2. The highest BCUT2D eigenvalue weighted by Crippen LogP contribution is 2.36. The average molecular weight is 289 g/mol. The Morgan fingerprint density at radius 3 is 2.93 bits per heavy atom. The maximum Gasteiger partial charge on any atom is 0.0451 e. The van der Waals surface area contributed by atoms with Crippen molar-refractivity contribution in [3.8, 4) is 0 Å². The third-order valence-corrected chi connectivity index (χ3v) is 3.87. The van der Waals surface area contributed by atoms with Gasteiger partial charge in [-0.2, -0.15) is 0 Å². The van der Waals surface area contributed by atoms with Crippen LogP contribution < -0.4 is 5.32 Å². The van der Waals surface area contributed by atoms with E-state index in [1.54, 1.807) is 0 Å². The molecule has 1 aliphatic carbocycles. The molecule has 1 saturated carbocycles. The number of rotatable bonds is 4. The largest absolute Gasteiger partial charge is 0.312 e. The van der Waals surface area contributed by atoms with Crippen molar-refractivity contribution in [2.24, 2.45) is 11.8 Å². The summed E-state index contributed by atoms with van der Waals surface area (Å²) in [6.07, 6.45) is 1.37. The molecule has 1 aromatic rings. The van der Waals surface area contributed by atoms with Crippen LogP contribution in [0, 0.1) is 11.8 Å². The Kier molecular flexibility index (Phi) is 3.70. The van der Waals surface area contributed by atoms with Crippen LogP contribution in [-0.2, 0) is 6.54 Å². The molecule has 15 heavy (non-hydrogen) atoms. The van der Waals surface area contributed by atoms with Crippen LogP contribution in [0.2, 0.25) is 5.02 Å². The highest BCUT2D eigenvalue weighted by molar-refractivity contribution is 9.10. The van der Waals surface area contributed by atoms with Gasteiger partial charge < -0.3 is 5.32 Å². The van der Waals surface area contributed by atoms with E-state index in [4.69, 9.17) is 11.6 Å². The third-order valence-electron chi connectivity index (χ3n) is 3.01. The molecule has 1 aromatic carbocycles. The minimum atomic E-state index is 0.842.